The summed E-state index contributed by atoms with van der Waals surface area (Å²) < 4.78 is 11.5. The van der Waals surface area contributed by atoms with Crippen molar-refractivity contribution in [3.63, 3.8) is 0 Å². The van der Waals surface area contributed by atoms with E-state index in [1.807, 2.05) is 6.92 Å². The summed E-state index contributed by atoms with van der Waals surface area (Å²) in [4.78, 5) is 11.2. The SMILES string of the molecule is CCOCn1cc(C(=O)OCC)cn1. The van der Waals surface area contributed by atoms with Crippen molar-refractivity contribution in [3.8, 4) is 0 Å². The normalized spacial score (nSPS) is 10.1. The molecule has 0 aliphatic rings. The van der Waals surface area contributed by atoms with Gasteiger partial charge in [0.05, 0.1) is 18.4 Å². The van der Waals surface area contributed by atoms with Gasteiger partial charge in [0.25, 0.3) is 0 Å². The first-order chi connectivity index (χ1) is 6.77. The Labute approximate surface area is 82.6 Å². The van der Waals surface area contributed by atoms with Crippen LogP contribution in [0, 0.1) is 0 Å². The smallest absolute Gasteiger partial charge is 0.341 e. The molecule has 0 aliphatic heterocycles. The fourth-order valence-electron chi connectivity index (χ4n) is 0.939. The third kappa shape index (κ3) is 2.85. The van der Waals surface area contributed by atoms with Gasteiger partial charge in [-0.1, -0.05) is 0 Å². The summed E-state index contributed by atoms with van der Waals surface area (Å²) in [6.07, 6.45) is 3.07. The standard InChI is InChI=1S/C9H14N2O3/c1-3-13-7-11-6-8(5-10-11)9(12)14-4-2/h5-6H,3-4,7H2,1-2H3. The topological polar surface area (TPSA) is 53.4 Å². The van der Waals surface area contributed by atoms with Crippen molar-refractivity contribution in [2.75, 3.05) is 13.2 Å². The van der Waals surface area contributed by atoms with Crippen LogP contribution in [0.5, 0.6) is 0 Å². The Hall–Kier alpha value is -1.36. The van der Waals surface area contributed by atoms with Crippen LogP contribution in [0.3, 0.4) is 0 Å². The van der Waals surface area contributed by atoms with Gasteiger partial charge in [0.1, 0.15) is 6.73 Å². The Kier molecular flexibility index (Phi) is 4.12. The molecule has 78 valence electrons. The van der Waals surface area contributed by atoms with Crippen LogP contribution in [0.2, 0.25) is 0 Å². The number of hydrogen-bond acceptors (Lipinski definition) is 4. The van der Waals surface area contributed by atoms with Crippen LogP contribution in [0.4, 0.5) is 0 Å². The maximum Gasteiger partial charge on any atom is 0.341 e. The van der Waals surface area contributed by atoms with Gasteiger partial charge in [0.15, 0.2) is 0 Å². The first-order valence-corrected chi connectivity index (χ1v) is 4.55. The Morgan fingerprint density at radius 2 is 2.29 bits per heavy atom. The van der Waals surface area contributed by atoms with E-state index in [9.17, 15) is 4.79 Å². The van der Waals surface area contributed by atoms with E-state index in [0.29, 0.717) is 25.5 Å². The van der Waals surface area contributed by atoms with E-state index < -0.39 is 0 Å². The van der Waals surface area contributed by atoms with E-state index in [4.69, 9.17) is 9.47 Å². The predicted octanol–water partition coefficient (Wildman–Crippen LogP) is 1.05. The summed E-state index contributed by atoms with van der Waals surface area (Å²) in [7, 11) is 0. The Bertz CT molecular complexity index is 296. The van der Waals surface area contributed by atoms with E-state index in [2.05, 4.69) is 5.10 Å². The highest BCUT2D eigenvalue weighted by Crippen LogP contribution is 2.00. The van der Waals surface area contributed by atoms with Crippen molar-refractivity contribution < 1.29 is 14.3 Å². The monoisotopic (exact) mass is 198 g/mol. The number of esters is 1. The Balaban J connectivity index is 2.54. The predicted molar refractivity (Wildman–Crippen MR) is 49.8 cm³/mol. The number of rotatable bonds is 5. The fraction of sp³-hybridized carbons (Fsp3) is 0.556. The third-order valence-electron chi connectivity index (χ3n) is 1.57. The molecule has 5 heteroatoms. The second kappa shape index (κ2) is 5.39. The number of ether oxygens (including phenoxy) is 2. The highest BCUT2D eigenvalue weighted by atomic mass is 16.5. The summed E-state index contributed by atoms with van der Waals surface area (Å²) in [6, 6.07) is 0. The molecule has 1 rings (SSSR count). The average Bonchev–Trinajstić information content (AvgIpc) is 2.63. The van der Waals surface area contributed by atoms with Crippen molar-refractivity contribution in [2.24, 2.45) is 0 Å². The molecule has 5 nitrogen and oxygen atoms in total. The summed E-state index contributed by atoms with van der Waals surface area (Å²) in [5, 5.41) is 3.95. The summed E-state index contributed by atoms with van der Waals surface area (Å²) >= 11 is 0. The molecule has 0 atom stereocenters. The van der Waals surface area contributed by atoms with Crippen LogP contribution in [0.15, 0.2) is 12.4 Å². The van der Waals surface area contributed by atoms with Crippen molar-refractivity contribution in [3.05, 3.63) is 18.0 Å². The quantitative estimate of drug-likeness (QED) is 0.664. The molecule has 0 aromatic carbocycles. The molecule has 0 spiro atoms. The molecular weight excluding hydrogens is 184 g/mol. The van der Waals surface area contributed by atoms with Gasteiger partial charge in [-0.3, -0.25) is 0 Å². The van der Waals surface area contributed by atoms with Crippen LogP contribution in [-0.4, -0.2) is 29.0 Å². The van der Waals surface area contributed by atoms with Gasteiger partial charge in [-0.2, -0.15) is 5.10 Å². The fourth-order valence-corrected chi connectivity index (χ4v) is 0.939. The van der Waals surface area contributed by atoms with Gasteiger partial charge in [-0.15, -0.1) is 0 Å². The summed E-state index contributed by atoms with van der Waals surface area (Å²) in [5.41, 5.74) is 0.451. The maximum absolute atomic E-state index is 11.2. The number of aromatic nitrogens is 2. The van der Waals surface area contributed by atoms with Crippen LogP contribution in [0.25, 0.3) is 0 Å². The van der Waals surface area contributed by atoms with Gasteiger partial charge in [0.2, 0.25) is 0 Å². The van der Waals surface area contributed by atoms with Gasteiger partial charge in [-0.05, 0) is 13.8 Å². The van der Waals surface area contributed by atoms with E-state index in [-0.39, 0.29) is 5.97 Å². The number of nitrogens with zero attached hydrogens (tertiary/aromatic N) is 2. The first-order valence-electron chi connectivity index (χ1n) is 4.55. The number of carbonyl (C=O) groups is 1. The molecule has 1 heterocycles. The highest BCUT2D eigenvalue weighted by molar-refractivity contribution is 5.88. The number of carbonyl (C=O) groups excluding carboxylic acids is 1. The molecule has 0 amide bonds. The van der Waals surface area contributed by atoms with Crippen molar-refractivity contribution >= 4 is 5.97 Å². The van der Waals surface area contributed by atoms with Gasteiger partial charge < -0.3 is 9.47 Å². The average molecular weight is 198 g/mol. The molecule has 0 N–H and O–H groups in total. The lowest BCUT2D eigenvalue weighted by Gasteiger charge is -1.99. The molecule has 0 unspecified atom stereocenters. The lowest BCUT2D eigenvalue weighted by Crippen LogP contribution is -2.04. The van der Waals surface area contributed by atoms with Crippen molar-refractivity contribution in [1.82, 2.24) is 9.78 Å². The molecule has 0 fully saturated rings. The van der Waals surface area contributed by atoms with E-state index in [1.54, 1.807) is 17.8 Å². The zero-order valence-corrected chi connectivity index (χ0v) is 8.40. The Morgan fingerprint density at radius 1 is 1.50 bits per heavy atom. The summed E-state index contributed by atoms with van der Waals surface area (Å²) in [5.74, 6) is -0.352. The maximum atomic E-state index is 11.2. The largest absolute Gasteiger partial charge is 0.462 e. The van der Waals surface area contributed by atoms with E-state index >= 15 is 0 Å². The molecule has 0 radical (unpaired) electrons. The van der Waals surface area contributed by atoms with Crippen molar-refractivity contribution in [2.45, 2.75) is 20.6 Å². The molecule has 14 heavy (non-hydrogen) atoms. The second-order valence-corrected chi connectivity index (χ2v) is 2.61. The summed E-state index contributed by atoms with van der Waals surface area (Å²) in [6.45, 7) is 5.01. The molecule has 0 saturated heterocycles. The van der Waals surface area contributed by atoms with E-state index in [1.165, 1.54) is 6.20 Å². The zero-order valence-electron chi connectivity index (χ0n) is 8.40. The minimum atomic E-state index is -0.352. The van der Waals surface area contributed by atoms with Gasteiger partial charge >= 0.3 is 5.97 Å². The first kappa shape index (κ1) is 10.7. The van der Waals surface area contributed by atoms with Gasteiger partial charge in [0, 0.05) is 12.8 Å². The van der Waals surface area contributed by atoms with E-state index in [0.717, 1.165) is 0 Å². The van der Waals surface area contributed by atoms with Crippen LogP contribution in [-0.2, 0) is 16.2 Å². The minimum absolute atomic E-state index is 0.352. The second-order valence-electron chi connectivity index (χ2n) is 2.61. The van der Waals surface area contributed by atoms with Crippen molar-refractivity contribution in [1.29, 1.82) is 0 Å². The molecule has 0 saturated carbocycles. The zero-order chi connectivity index (χ0) is 10.4. The van der Waals surface area contributed by atoms with Gasteiger partial charge in [-0.25, -0.2) is 9.48 Å². The molecule has 0 aliphatic carbocycles. The van der Waals surface area contributed by atoms with Crippen LogP contribution >= 0.6 is 0 Å². The van der Waals surface area contributed by atoms with Crippen LogP contribution in [0.1, 0.15) is 24.2 Å². The lowest BCUT2D eigenvalue weighted by atomic mass is 10.4. The molecule has 1 aromatic heterocycles. The third-order valence-corrected chi connectivity index (χ3v) is 1.57. The minimum Gasteiger partial charge on any atom is -0.462 e. The van der Waals surface area contributed by atoms with Crippen LogP contribution < -0.4 is 0 Å². The molecule has 0 bridgehead atoms. The lowest BCUT2D eigenvalue weighted by molar-refractivity contribution is 0.0525. The molecular formula is C9H14N2O3. The Morgan fingerprint density at radius 3 is 2.93 bits per heavy atom. The molecule has 1 aromatic rings. The highest BCUT2D eigenvalue weighted by Gasteiger charge is 2.08. The number of hydrogen-bond donors (Lipinski definition) is 0.